The van der Waals surface area contributed by atoms with E-state index in [4.69, 9.17) is 11.6 Å². The van der Waals surface area contributed by atoms with E-state index in [9.17, 15) is 0 Å². The number of benzene rings is 1. The average molecular weight is 232 g/mol. The summed E-state index contributed by atoms with van der Waals surface area (Å²) in [4.78, 5) is 10.5. The monoisotopic (exact) mass is 231 g/mol. The first-order valence-corrected chi connectivity index (χ1v) is 5.42. The quantitative estimate of drug-likeness (QED) is 0.661. The third kappa shape index (κ3) is 1.32. The molecule has 2 N–H and O–H groups in total. The van der Waals surface area contributed by atoms with Crippen molar-refractivity contribution < 1.29 is 0 Å². The van der Waals surface area contributed by atoms with Crippen LogP contribution in [0.3, 0.4) is 0 Å². The molecule has 2 heterocycles. The van der Waals surface area contributed by atoms with E-state index in [1.807, 2.05) is 31.3 Å². The number of rotatable bonds is 1. The van der Waals surface area contributed by atoms with Crippen LogP contribution < -0.4 is 0 Å². The summed E-state index contributed by atoms with van der Waals surface area (Å²) in [7, 11) is 0. The molecule has 0 spiro atoms. The number of para-hydroxylation sites is 1. The van der Waals surface area contributed by atoms with Crippen molar-refractivity contribution in [3.8, 4) is 11.3 Å². The Morgan fingerprint density at radius 1 is 1.25 bits per heavy atom. The van der Waals surface area contributed by atoms with Crippen molar-refractivity contribution in [2.75, 3.05) is 0 Å². The lowest BCUT2D eigenvalue weighted by Crippen LogP contribution is -1.78. The first kappa shape index (κ1) is 9.48. The molecular formula is C12H10ClN3. The first-order valence-electron chi connectivity index (χ1n) is 5.04. The van der Waals surface area contributed by atoms with E-state index < -0.39 is 0 Å². The van der Waals surface area contributed by atoms with Gasteiger partial charge in [0.25, 0.3) is 0 Å². The van der Waals surface area contributed by atoms with Crippen LogP contribution in [0.4, 0.5) is 0 Å². The van der Waals surface area contributed by atoms with E-state index in [2.05, 4.69) is 21.0 Å². The number of nitrogens with one attached hydrogen (secondary N) is 2. The van der Waals surface area contributed by atoms with Gasteiger partial charge in [-0.3, -0.25) is 0 Å². The van der Waals surface area contributed by atoms with E-state index in [0.717, 1.165) is 27.9 Å². The largest absolute Gasteiger partial charge is 0.360 e. The Hall–Kier alpha value is -1.74. The standard InChI is InChI=1S/C12H10ClN3/c1-7-11(16-12(13)15-7)9-6-14-10-5-3-2-4-8(9)10/h2-6,14H,1H3,(H,15,16). The van der Waals surface area contributed by atoms with Crippen LogP contribution in [-0.2, 0) is 0 Å². The molecule has 80 valence electrons. The highest BCUT2D eigenvalue weighted by Gasteiger charge is 2.11. The van der Waals surface area contributed by atoms with E-state index in [1.54, 1.807) is 0 Å². The molecular weight excluding hydrogens is 222 g/mol. The van der Waals surface area contributed by atoms with Crippen molar-refractivity contribution in [3.63, 3.8) is 0 Å². The fourth-order valence-electron chi connectivity index (χ4n) is 1.95. The van der Waals surface area contributed by atoms with Gasteiger partial charge in [-0.15, -0.1) is 0 Å². The van der Waals surface area contributed by atoms with Crippen molar-refractivity contribution in [1.29, 1.82) is 0 Å². The van der Waals surface area contributed by atoms with Crippen molar-refractivity contribution in [2.45, 2.75) is 6.92 Å². The lowest BCUT2D eigenvalue weighted by molar-refractivity contribution is 1.25. The summed E-state index contributed by atoms with van der Waals surface area (Å²) in [6.45, 7) is 1.97. The molecule has 0 aliphatic heterocycles. The molecule has 0 bridgehead atoms. The minimum atomic E-state index is 0.429. The molecule has 1 aromatic carbocycles. The predicted octanol–water partition coefficient (Wildman–Crippen LogP) is 3.52. The van der Waals surface area contributed by atoms with Gasteiger partial charge in [-0.2, -0.15) is 0 Å². The lowest BCUT2D eigenvalue weighted by Gasteiger charge is -1.95. The van der Waals surface area contributed by atoms with Gasteiger partial charge >= 0.3 is 0 Å². The van der Waals surface area contributed by atoms with Crippen LogP contribution in [0.1, 0.15) is 5.69 Å². The smallest absolute Gasteiger partial charge is 0.200 e. The van der Waals surface area contributed by atoms with Crippen molar-refractivity contribution in [2.24, 2.45) is 0 Å². The second kappa shape index (κ2) is 3.39. The summed E-state index contributed by atoms with van der Waals surface area (Å²) in [5.74, 6) is 0. The predicted molar refractivity (Wildman–Crippen MR) is 65.6 cm³/mol. The van der Waals surface area contributed by atoms with Crippen LogP contribution in [-0.4, -0.2) is 15.0 Å². The number of halogens is 1. The molecule has 0 saturated carbocycles. The Morgan fingerprint density at radius 3 is 2.81 bits per heavy atom. The highest BCUT2D eigenvalue weighted by molar-refractivity contribution is 6.28. The summed E-state index contributed by atoms with van der Waals surface area (Å²) in [5, 5.41) is 1.59. The fourth-order valence-corrected chi connectivity index (χ4v) is 2.18. The lowest BCUT2D eigenvalue weighted by atomic mass is 10.1. The van der Waals surface area contributed by atoms with Crippen LogP contribution in [0.15, 0.2) is 30.5 Å². The number of fused-ring (bicyclic) bond motifs is 1. The Labute approximate surface area is 97.5 Å². The van der Waals surface area contributed by atoms with Gasteiger partial charge in [-0.25, -0.2) is 4.98 Å². The normalized spacial score (nSPS) is 11.1. The molecule has 0 fully saturated rings. The Bertz CT molecular complexity index is 651. The molecule has 3 rings (SSSR count). The van der Waals surface area contributed by atoms with Gasteiger partial charge in [0.2, 0.25) is 5.28 Å². The minimum absolute atomic E-state index is 0.429. The van der Waals surface area contributed by atoms with E-state index in [-0.39, 0.29) is 0 Å². The van der Waals surface area contributed by atoms with Gasteiger partial charge in [0.1, 0.15) is 0 Å². The number of nitrogens with zero attached hydrogens (tertiary/aromatic N) is 1. The maximum absolute atomic E-state index is 5.86. The fraction of sp³-hybridized carbons (Fsp3) is 0.0833. The van der Waals surface area contributed by atoms with Crippen LogP contribution in [0.2, 0.25) is 5.28 Å². The number of aryl methyl sites for hydroxylation is 1. The second-order valence-electron chi connectivity index (χ2n) is 3.75. The number of aromatic amines is 2. The van der Waals surface area contributed by atoms with Gasteiger partial charge in [0, 0.05) is 28.4 Å². The zero-order valence-electron chi connectivity index (χ0n) is 8.71. The molecule has 0 aliphatic carbocycles. The molecule has 0 radical (unpaired) electrons. The van der Waals surface area contributed by atoms with Crippen LogP contribution in [0.25, 0.3) is 22.2 Å². The third-order valence-electron chi connectivity index (χ3n) is 2.70. The van der Waals surface area contributed by atoms with Crippen LogP contribution in [0, 0.1) is 6.92 Å². The SMILES string of the molecule is Cc1[nH]c(Cl)nc1-c1c[nH]c2ccccc12. The van der Waals surface area contributed by atoms with Crippen molar-refractivity contribution in [1.82, 2.24) is 15.0 Å². The number of hydrogen-bond donors (Lipinski definition) is 2. The summed E-state index contributed by atoms with van der Waals surface area (Å²) in [5.41, 5.74) is 4.07. The van der Waals surface area contributed by atoms with E-state index >= 15 is 0 Å². The summed E-state index contributed by atoms with van der Waals surface area (Å²) in [6.07, 6.45) is 1.96. The van der Waals surface area contributed by atoms with Crippen LogP contribution in [0.5, 0.6) is 0 Å². The highest BCUT2D eigenvalue weighted by Crippen LogP contribution is 2.29. The molecule has 0 saturated heterocycles. The molecule has 0 aliphatic rings. The second-order valence-corrected chi connectivity index (χ2v) is 4.11. The number of imidazole rings is 1. The maximum atomic E-state index is 5.86. The zero-order chi connectivity index (χ0) is 11.1. The van der Waals surface area contributed by atoms with Gasteiger partial charge in [-0.05, 0) is 24.6 Å². The van der Waals surface area contributed by atoms with Gasteiger partial charge in [0.05, 0.1) is 5.69 Å². The molecule has 0 unspecified atom stereocenters. The summed E-state index contributed by atoms with van der Waals surface area (Å²) >= 11 is 5.86. The van der Waals surface area contributed by atoms with E-state index in [1.165, 1.54) is 0 Å². The Kier molecular flexibility index (Phi) is 2.01. The zero-order valence-corrected chi connectivity index (χ0v) is 9.47. The molecule has 3 nitrogen and oxygen atoms in total. The number of hydrogen-bond acceptors (Lipinski definition) is 1. The molecule has 2 aromatic heterocycles. The highest BCUT2D eigenvalue weighted by atomic mass is 35.5. The first-order chi connectivity index (χ1) is 7.75. The number of aromatic nitrogens is 3. The average Bonchev–Trinajstić information content (AvgIpc) is 2.81. The molecule has 16 heavy (non-hydrogen) atoms. The number of H-pyrrole nitrogens is 2. The topological polar surface area (TPSA) is 44.5 Å². The third-order valence-corrected chi connectivity index (χ3v) is 2.88. The molecule has 0 atom stereocenters. The molecule has 4 heteroatoms. The van der Waals surface area contributed by atoms with Crippen molar-refractivity contribution in [3.05, 3.63) is 41.4 Å². The van der Waals surface area contributed by atoms with E-state index in [0.29, 0.717) is 5.28 Å². The van der Waals surface area contributed by atoms with Gasteiger partial charge < -0.3 is 9.97 Å². The summed E-state index contributed by atoms with van der Waals surface area (Å²) in [6, 6.07) is 8.14. The van der Waals surface area contributed by atoms with Crippen LogP contribution >= 0.6 is 11.6 Å². The Balaban J connectivity index is 2.30. The minimum Gasteiger partial charge on any atom is -0.360 e. The summed E-state index contributed by atoms with van der Waals surface area (Å²) < 4.78 is 0. The maximum Gasteiger partial charge on any atom is 0.200 e. The van der Waals surface area contributed by atoms with Crippen molar-refractivity contribution >= 4 is 22.5 Å². The molecule has 0 amide bonds. The van der Waals surface area contributed by atoms with Gasteiger partial charge in [0.15, 0.2) is 0 Å². The van der Waals surface area contributed by atoms with Gasteiger partial charge in [-0.1, -0.05) is 18.2 Å². The Morgan fingerprint density at radius 2 is 2.06 bits per heavy atom. The molecule has 3 aromatic rings.